The first-order chi connectivity index (χ1) is 14.4. The SMILES string of the molecule is COCCN1CC2(CCN(S(=O)(=O)c3ccc(C)c(Cl)c3)CC2)C1c1ccccc1. The first kappa shape index (κ1) is 21.8. The summed E-state index contributed by atoms with van der Waals surface area (Å²) in [5.41, 5.74) is 2.30. The number of rotatable bonds is 6. The summed E-state index contributed by atoms with van der Waals surface area (Å²) in [4.78, 5) is 2.74. The lowest BCUT2D eigenvalue weighted by molar-refractivity contribution is -0.110. The molecule has 0 aliphatic carbocycles. The summed E-state index contributed by atoms with van der Waals surface area (Å²) in [5, 5.41) is 0.487. The number of aryl methyl sites for hydroxylation is 1. The van der Waals surface area contributed by atoms with Crippen LogP contribution in [0.25, 0.3) is 0 Å². The summed E-state index contributed by atoms with van der Waals surface area (Å²) in [6.07, 6.45) is 1.71. The Balaban J connectivity index is 1.51. The maximum absolute atomic E-state index is 13.2. The van der Waals surface area contributed by atoms with E-state index in [1.165, 1.54) is 5.56 Å². The maximum atomic E-state index is 13.2. The molecule has 0 bridgehead atoms. The second kappa shape index (κ2) is 8.60. The van der Waals surface area contributed by atoms with Crippen molar-refractivity contribution in [3.63, 3.8) is 0 Å². The molecule has 2 aromatic carbocycles. The van der Waals surface area contributed by atoms with Crippen LogP contribution in [0.5, 0.6) is 0 Å². The Morgan fingerprint density at radius 3 is 2.47 bits per heavy atom. The Kier molecular flexibility index (Phi) is 6.24. The smallest absolute Gasteiger partial charge is 0.243 e. The molecule has 0 radical (unpaired) electrons. The monoisotopic (exact) mass is 448 g/mol. The van der Waals surface area contributed by atoms with Crippen molar-refractivity contribution in [2.24, 2.45) is 5.41 Å². The first-order valence-corrected chi connectivity index (χ1v) is 12.2. The molecule has 4 rings (SSSR count). The lowest BCUT2D eigenvalue weighted by Gasteiger charge is -2.60. The quantitative estimate of drug-likeness (QED) is 0.666. The number of methoxy groups -OCH3 is 1. The Hall–Kier alpha value is -1.44. The van der Waals surface area contributed by atoms with Crippen LogP contribution in [0.1, 0.15) is 30.0 Å². The summed E-state index contributed by atoms with van der Waals surface area (Å²) in [6.45, 7) is 5.53. The number of ether oxygens (including phenoxy) is 1. The van der Waals surface area contributed by atoms with Crippen LogP contribution >= 0.6 is 11.6 Å². The molecule has 2 fully saturated rings. The van der Waals surface area contributed by atoms with Gasteiger partial charge in [-0.2, -0.15) is 4.31 Å². The third kappa shape index (κ3) is 3.92. The molecule has 7 heteroatoms. The van der Waals surface area contributed by atoms with Crippen LogP contribution in [0, 0.1) is 12.3 Å². The van der Waals surface area contributed by atoms with Gasteiger partial charge in [0.1, 0.15) is 0 Å². The van der Waals surface area contributed by atoms with Crippen molar-refractivity contribution < 1.29 is 13.2 Å². The second-order valence-electron chi connectivity index (χ2n) is 8.45. The molecule has 1 unspecified atom stereocenters. The van der Waals surface area contributed by atoms with Gasteiger partial charge in [-0.15, -0.1) is 0 Å². The fourth-order valence-electron chi connectivity index (χ4n) is 4.96. The number of piperidine rings is 1. The zero-order valence-electron chi connectivity index (χ0n) is 17.6. The van der Waals surface area contributed by atoms with Crippen molar-refractivity contribution in [2.45, 2.75) is 30.7 Å². The first-order valence-electron chi connectivity index (χ1n) is 10.4. The third-order valence-electron chi connectivity index (χ3n) is 6.66. The molecule has 2 saturated heterocycles. The van der Waals surface area contributed by atoms with E-state index in [0.29, 0.717) is 30.8 Å². The molecule has 1 atom stereocenters. The molecule has 0 aromatic heterocycles. The van der Waals surface area contributed by atoms with Crippen LogP contribution < -0.4 is 0 Å². The second-order valence-corrected chi connectivity index (χ2v) is 10.8. The molecule has 0 saturated carbocycles. The summed E-state index contributed by atoms with van der Waals surface area (Å²) in [6, 6.07) is 15.9. The van der Waals surface area contributed by atoms with Crippen molar-refractivity contribution in [3.8, 4) is 0 Å². The summed E-state index contributed by atoms with van der Waals surface area (Å²) in [5.74, 6) is 0. The van der Waals surface area contributed by atoms with Gasteiger partial charge in [0.25, 0.3) is 0 Å². The van der Waals surface area contributed by atoms with Crippen LogP contribution in [0.2, 0.25) is 5.02 Å². The topological polar surface area (TPSA) is 49.9 Å². The zero-order valence-corrected chi connectivity index (χ0v) is 19.1. The molecule has 2 aliphatic heterocycles. The number of benzene rings is 2. The molecular formula is C23H29ClN2O3S. The summed E-state index contributed by atoms with van der Waals surface area (Å²) < 4.78 is 33.3. The maximum Gasteiger partial charge on any atom is 0.243 e. The van der Waals surface area contributed by atoms with E-state index in [1.807, 2.05) is 13.0 Å². The van der Waals surface area contributed by atoms with E-state index >= 15 is 0 Å². The lowest BCUT2D eigenvalue weighted by atomic mass is 9.63. The van der Waals surface area contributed by atoms with Gasteiger partial charge in [0, 0.05) is 49.8 Å². The van der Waals surface area contributed by atoms with E-state index in [9.17, 15) is 8.42 Å². The summed E-state index contributed by atoms with van der Waals surface area (Å²) >= 11 is 6.18. The molecule has 0 N–H and O–H groups in total. The van der Waals surface area contributed by atoms with Crippen molar-refractivity contribution >= 4 is 21.6 Å². The number of hydrogen-bond donors (Lipinski definition) is 0. The van der Waals surface area contributed by atoms with Gasteiger partial charge in [-0.25, -0.2) is 8.42 Å². The van der Waals surface area contributed by atoms with E-state index < -0.39 is 10.0 Å². The van der Waals surface area contributed by atoms with Gasteiger partial charge in [-0.1, -0.05) is 48.0 Å². The molecule has 5 nitrogen and oxygen atoms in total. The zero-order chi connectivity index (χ0) is 21.4. The van der Waals surface area contributed by atoms with Crippen LogP contribution in [0.3, 0.4) is 0 Å². The Bertz CT molecular complexity index is 989. The van der Waals surface area contributed by atoms with E-state index in [0.717, 1.165) is 31.5 Å². The van der Waals surface area contributed by atoms with Gasteiger partial charge in [0.15, 0.2) is 0 Å². The molecule has 2 aliphatic rings. The highest BCUT2D eigenvalue weighted by Gasteiger charge is 2.54. The molecule has 1 spiro atoms. The average molecular weight is 449 g/mol. The van der Waals surface area contributed by atoms with Crippen molar-refractivity contribution in [1.82, 2.24) is 9.21 Å². The lowest BCUT2D eigenvalue weighted by Crippen LogP contribution is -2.62. The number of hydrogen-bond acceptors (Lipinski definition) is 4. The third-order valence-corrected chi connectivity index (χ3v) is 8.96. The summed E-state index contributed by atoms with van der Waals surface area (Å²) in [7, 11) is -1.80. The predicted octanol–water partition coefficient (Wildman–Crippen LogP) is 4.12. The standard InChI is InChI=1S/C23H29ClN2O3S/c1-18-8-9-20(16-21(18)24)30(27,28)26-12-10-23(11-13-26)17-25(14-15-29-2)22(23)19-6-4-3-5-7-19/h3-9,16,22H,10-15,17H2,1-2H3. The number of nitrogens with zero attached hydrogens (tertiary/aromatic N) is 2. The molecule has 2 heterocycles. The van der Waals surface area contributed by atoms with Gasteiger partial charge in [-0.05, 0) is 43.0 Å². The van der Waals surface area contributed by atoms with Crippen molar-refractivity contribution in [3.05, 3.63) is 64.7 Å². The van der Waals surface area contributed by atoms with E-state index in [4.69, 9.17) is 16.3 Å². The average Bonchev–Trinajstić information content (AvgIpc) is 2.74. The number of likely N-dealkylation sites (tertiary alicyclic amines) is 1. The largest absolute Gasteiger partial charge is 0.383 e. The number of halogens is 1. The van der Waals surface area contributed by atoms with Gasteiger partial charge in [-0.3, -0.25) is 4.90 Å². The Morgan fingerprint density at radius 1 is 1.13 bits per heavy atom. The fourth-order valence-corrected chi connectivity index (χ4v) is 6.67. The normalized spacial score (nSPS) is 22.2. The van der Waals surface area contributed by atoms with Gasteiger partial charge in [0.05, 0.1) is 11.5 Å². The molecule has 162 valence electrons. The highest BCUT2D eigenvalue weighted by molar-refractivity contribution is 7.89. The van der Waals surface area contributed by atoms with E-state index in [-0.39, 0.29) is 10.3 Å². The Labute approximate surface area is 184 Å². The van der Waals surface area contributed by atoms with Gasteiger partial charge >= 0.3 is 0 Å². The highest BCUT2D eigenvalue weighted by atomic mass is 35.5. The minimum Gasteiger partial charge on any atom is -0.383 e. The van der Waals surface area contributed by atoms with Crippen LogP contribution in [-0.2, 0) is 14.8 Å². The highest BCUT2D eigenvalue weighted by Crippen LogP contribution is 2.55. The van der Waals surface area contributed by atoms with Crippen molar-refractivity contribution in [2.75, 3.05) is 39.9 Å². The van der Waals surface area contributed by atoms with Crippen LogP contribution in [0.15, 0.2) is 53.4 Å². The van der Waals surface area contributed by atoms with Gasteiger partial charge in [0.2, 0.25) is 10.0 Å². The van der Waals surface area contributed by atoms with Gasteiger partial charge < -0.3 is 4.74 Å². The molecule has 30 heavy (non-hydrogen) atoms. The molecular weight excluding hydrogens is 420 g/mol. The predicted molar refractivity (Wildman–Crippen MR) is 119 cm³/mol. The van der Waals surface area contributed by atoms with Crippen LogP contribution in [0.4, 0.5) is 0 Å². The van der Waals surface area contributed by atoms with E-state index in [2.05, 4.69) is 29.2 Å². The fraction of sp³-hybridized carbons (Fsp3) is 0.478. The van der Waals surface area contributed by atoms with E-state index in [1.54, 1.807) is 29.6 Å². The van der Waals surface area contributed by atoms with Crippen molar-refractivity contribution in [1.29, 1.82) is 0 Å². The minimum atomic E-state index is -3.53. The molecule has 2 aromatic rings. The minimum absolute atomic E-state index is 0.117. The molecule has 0 amide bonds. The Morgan fingerprint density at radius 2 is 1.83 bits per heavy atom. The number of sulfonamides is 1. The van der Waals surface area contributed by atoms with Crippen LogP contribution in [-0.4, -0.2) is 57.5 Å².